The van der Waals surface area contributed by atoms with Gasteiger partial charge in [0.05, 0.1) is 25.2 Å². The molecular weight excluding hydrogens is 252 g/mol. The monoisotopic (exact) mass is 270 g/mol. The molecule has 2 aromatic rings. The lowest BCUT2D eigenvalue weighted by Crippen LogP contribution is -1.98. The van der Waals surface area contributed by atoms with Crippen LogP contribution in [0, 0.1) is 6.92 Å². The van der Waals surface area contributed by atoms with Crippen molar-refractivity contribution < 1.29 is 4.74 Å². The van der Waals surface area contributed by atoms with Gasteiger partial charge in [-0.25, -0.2) is 9.66 Å². The van der Waals surface area contributed by atoms with Crippen LogP contribution in [-0.4, -0.2) is 23.0 Å². The topological polar surface area (TPSA) is 65.4 Å². The zero-order valence-electron chi connectivity index (χ0n) is 11.7. The van der Waals surface area contributed by atoms with Crippen molar-refractivity contribution in [3.05, 3.63) is 53.9 Å². The van der Waals surface area contributed by atoms with Crippen LogP contribution in [-0.2, 0) is 6.42 Å². The lowest BCUT2D eigenvalue weighted by Gasteiger charge is -2.07. The van der Waals surface area contributed by atoms with Crippen molar-refractivity contribution in [2.75, 3.05) is 12.8 Å². The fourth-order valence-corrected chi connectivity index (χ4v) is 1.92. The van der Waals surface area contributed by atoms with E-state index in [1.807, 2.05) is 31.2 Å². The number of nitrogen functional groups attached to an aromatic ring is 1. The molecular formula is C15H18N4O. The minimum Gasteiger partial charge on any atom is -0.496 e. The normalized spacial score (nSPS) is 10.9. The number of nitrogens with two attached hydrogens (primary N) is 1. The van der Waals surface area contributed by atoms with Crippen molar-refractivity contribution >= 4 is 12.2 Å². The maximum absolute atomic E-state index is 5.73. The third-order valence-corrected chi connectivity index (χ3v) is 2.83. The number of benzene rings is 1. The molecule has 104 valence electrons. The van der Waals surface area contributed by atoms with Crippen LogP contribution in [0.1, 0.15) is 16.8 Å². The first-order chi connectivity index (χ1) is 9.63. The smallest absolute Gasteiger partial charge is 0.221 e. The summed E-state index contributed by atoms with van der Waals surface area (Å²) in [7, 11) is 1.66. The average molecular weight is 270 g/mol. The van der Waals surface area contributed by atoms with E-state index in [-0.39, 0.29) is 0 Å². The van der Waals surface area contributed by atoms with Crippen LogP contribution in [0.2, 0.25) is 0 Å². The molecule has 0 fully saturated rings. The molecule has 20 heavy (non-hydrogen) atoms. The Morgan fingerprint density at radius 3 is 2.90 bits per heavy atom. The summed E-state index contributed by atoms with van der Waals surface area (Å²) in [4.78, 5) is 4.09. The molecule has 0 unspecified atom stereocenters. The Hall–Kier alpha value is -2.56. The number of hydrogen-bond acceptors (Lipinski definition) is 4. The van der Waals surface area contributed by atoms with Gasteiger partial charge in [-0.3, -0.25) is 0 Å². The van der Waals surface area contributed by atoms with Crippen molar-refractivity contribution in [1.29, 1.82) is 0 Å². The van der Waals surface area contributed by atoms with Gasteiger partial charge in [-0.1, -0.05) is 6.08 Å². The molecule has 1 aromatic carbocycles. The van der Waals surface area contributed by atoms with Crippen LogP contribution in [0.15, 0.2) is 42.2 Å². The summed E-state index contributed by atoms with van der Waals surface area (Å²) in [6.45, 7) is 5.62. The fourth-order valence-electron chi connectivity index (χ4n) is 1.92. The molecule has 0 aliphatic heterocycles. The van der Waals surface area contributed by atoms with Crippen molar-refractivity contribution in [3.63, 3.8) is 0 Å². The molecule has 0 radical (unpaired) electrons. The maximum Gasteiger partial charge on any atom is 0.221 e. The summed E-state index contributed by atoms with van der Waals surface area (Å²) >= 11 is 0. The second-order valence-electron chi connectivity index (χ2n) is 4.39. The molecule has 0 saturated carbocycles. The Labute approximate surface area is 118 Å². The summed E-state index contributed by atoms with van der Waals surface area (Å²) in [5.74, 6) is 1.22. The SMILES string of the molecule is C=CCc1cc(C=Nn2cc(C)nc2N)ccc1OC. The van der Waals surface area contributed by atoms with E-state index in [1.54, 1.807) is 24.2 Å². The van der Waals surface area contributed by atoms with Gasteiger partial charge < -0.3 is 10.5 Å². The Balaban J connectivity index is 2.27. The highest BCUT2D eigenvalue weighted by Crippen LogP contribution is 2.20. The summed E-state index contributed by atoms with van der Waals surface area (Å²) in [5.41, 5.74) is 8.61. The molecule has 0 amide bonds. The number of nitrogens with zero attached hydrogens (tertiary/aromatic N) is 3. The Morgan fingerprint density at radius 2 is 2.30 bits per heavy atom. The largest absolute Gasteiger partial charge is 0.496 e. The predicted molar refractivity (Wildman–Crippen MR) is 81.3 cm³/mol. The molecule has 0 aliphatic carbocycles. The zero-order chi connectivity index (χ0) is 14.5. The van der Waals surface area contributed by atoms with Crippen molar-refractivity contribution in [1.82, 2.24) is 9.66 Å². The standard InChI is InChI=1S/C15H18N4O/c1-4-5-13-8-12(6-7-14(13)20-3)9-17-19-10-11(2)18-15(19)16/h4,6-10H,1,5H2,2-3H3,(H2,16,18). The number of aryl methyl sites for hydroxylation is 1. The quantitative estimate of drug-likeness (QED) is 0.670. The van der Waals surface area contributed by atoms with E-state index in [4.69, 9.17) is 10.5 Å². The van der Waals surface area contributed by atoms with Gasteiger partial charge in [0.25, 0.3) is 0 Å². The van der Waals surface area contributed by atoms with E-state index in [0.717, 1.165) is 29.0 Å². The molecule has 1 aromatic heterocycles. The number of aromatic nitrogens is 2. The first-order valence-electron chi connectivity index (χ1n) is 6.27. The lowest BCUT2D eigenvalue weighted by atomic mass is 10.1. The summed E-state index contributed by atoms with van der Waals surface area (Å²) in [6, 6.07) is 5.88. The second kappa shape index (κ2) is 6.06. The van der Waals surface area contributed by atoms with E-state index < -0.39 is 0 Å². The number of allylic oxidation sites excluding steroid dienone is 1. The number of ether oxygens (including phenoxy) is 1. The molecule has 5 heteroatoms. The van der Waals surface area contributed by atoms with Gasteiger partial charge in [0.1, 0.15) is 5.75 Å². The van der Waals surface area contributed by atoms with Crippen LogP contribution >= 0.6 is 0 Å². The van der Waals surface area contributed by atoms with Crippen molar-refractivity contribution in [2.45, 2.75) is 13.3 Å². The van der Waals surface area contributed by atoms with E-state index in [9.17, 15) is 0 Å². The Morgan fingerprint density at radius 1 is 1.50 bits per heavy atom. The van der Waals surface area contributed by atoms with E-state index in [0.29, 0.717) is 5.95 Å². The Kier molecular flexibility index (Phi) is 4.20. The first kappa shape index (κ1) is 13.9. The molecule has 1 heterocycles. The van der Waals surface area contributed by atoms with Gasteiger partial charge >= 0.3 is 0 Å². The van der Waals surface area contributed by atoms with Gasteiger partial charge in [0.2, 0.25) is 5.95 Å². The Bertz CT molecular complexity index is 643. The minimum absolute atomic E-state index is 0.374. The number of imidazole rings is 1. The summed E-state index contributed by atoms with van der Waals surface area (Å²) in [6.07, 6.45) is 6.11. The van der Waals surface area contributed by atoms with Crippen LogP contribution < -0.4 is 10.5 Å². The maximum atomic E-state index is 5.73. The fraction of sp³-hybridized carbons (Fsp3) is 0.200. The predicted octanol–water partition coefficient (Wildman–Crippen LogP) is 2.39. The number of methoxy groups -OCH3 is 1. The third kappa shape index (κ3) is 3.06. The van der Waals surface area contributed by atoms with E-state index in [1.165, 1.54) is 0 Å². The minimum atomic E-state index is 0.374. The van der Waals surface area contributed by atoms with E-state index >= 15 is 0 Å². The number of hydrogen-bond donors (Lipinski definition) is 1. The van der Waals surface area contributed by atoms with Crippen molar-refractivity contribution in [2.24, 2.45) is 5.10 Å². The third-order valence-electron chi connectivity index (χ3n) is 2.83. The van der Waals surface area contributed by atoms with Crippen LogP contribution in [0.4, 0.5) is 5.95 Å². The van der Waals surface area contributed by atoms with Crippen LogP contribution in [0.25, 0.3) is 0 Å². The molecule has 2 N–H and O–H groups in total. The van der Waals surface area contributed by atoms with Crippen LogP contribution in [0.5, 0.6) is 5.75 Å². The molecule has 5 nitrogen and oxygen atoms in total. The number of anilines is 1. The summed E-state index contributed by atoms with van der Waals surface area (Å²) in [5, 5.41) is 4.29. The zero-order valence-corrected chi connectivity index (χ0v) is 11.7. The molecule has 0 saturated heterocycles. The van der Waals surface area contributed by atoms with Crippen LogP contribution in [0.3, 0.4) is 0 Å². The number of rotatable bonds is 5. The average Bonchev–Trinajstić information content (AvgIpc) is 2.75. The highest BCUT2D eigenvalue weighted by Gasteiger charge is 2.02. The summed E-state index contributed by atoms with van der Waals surface area (Å²) < 4.78 is 6.86. The second-order valence-corrected chi connectivity index (χ2v) is 4.39. The lowest BCUT2D eigenvalue weighted by molar-refractivity contribution is 0.410. The van der Waals surface area contributed by atoms with E-state index in [2.05, 4.69) is 16.7 Å². The van der Waals surface area contributed by atoms with Crippen molar-refractivity contribution in [3.8, 4) is 5.75 Å². The molecule has 0 bridgehead atoms. The van der Waals surface area contributed by atoms with Gasteiger partial charge in [-0.05, 0) is 42.7 Å². The van der Waals surface area contributed by atoms with Gasteiger partial charge in [-0.15, -0.1) is 6.58 Å². The highest BCUT2D eigenvalue weighted by molar-refractivity contribution is 5.80. The first-order valence-corrected chi connectivity index (χ1v) is 6.27. The molecule has 0 atom stereocenters. The highest BCUT2D eigenvalue weighted by atomic mass is 16.5. The molecule has 0 aliphatic rings. The molecule has 0 spiro atoms. The van der Waals surface area contributed by atoms with Gasteiger partial charge in [0.15, 0.2) is 0 Å². The van der Waals surface area contributed by atoms with Gasteiger partial charge in [0, 0.05) is 0 Å². The molecule has 2 rings (SSSR count). The van der Waals surface area contributed by atoms with Gasteiger partial charge in [-0.2, -0.15) is 5.10 Å².